The summed E-state index contributed by atoms with van der Waals surface area (Å²) >= 11 is 3.56. The molecule has 0 aliphatic rings. The summed E-state index contributed by atoms with van der Waals surface area (Å²) in [5, 5.41) is 3.51. The highest BCUT2D eigenvalue weighted by Gasteiger charge is 2.36. The van der Waals surface area contributed by atoms with Crippen molar-refractivity contribution in [2.45, 2.75) is 38.8 Å². The maximum atomic E-state index is 5.79. The van der Waals surface area contributed by atoms with Crippen molar-refractivity contribution in [1.82, 2.24) is 5.32 Å². The molecule has 0 saturated carbocycles. The van der Waals surface area contributed by atoms with Gasteiger partial charge in [-0.05, 0) is 48.0 Å². The van der Waals surface area contributed by atoms with Gasteiger partial charge in [0.25, 0.3) is 0 Å². The van der Waals surface area contributed by atoms with Gasteiger partial charge in [0.05, 0.1) is 25.9 Å². The van der Waals surface area contributed by atoms with Crippen molar-refractivity contribution in [3.63, 3.8) is 0 Å². The van der Waals surface area contributed by atoms with Gasteiger partial charge in [-0.2, -0.15) is 0 Å². The highest BCUT2D eigenvalue weighted by molar-refractivity contribution is 9.10. The fourth-order valence-corrected chi connectivity index (χ4v) is 3.16. The fourth-order valence-electron chi connectivity index (χ4n) is 2.47. The molecule has 0 radical (unpaired) electrons. The molecule has 1 N–H and O–H groups in total. The summed E-state index contributed by atoms with van der Waals surface area (Å²) in [5.74, 6) is 1.53. The topological polar surface area (TPSA) is 39.7 Å². The number of methoxy groups -OCH3 is 3. The van der Waals surface area contributed by atoms with Crippen molar-refractivity contribution in [2.24, 2.45) is 0 Å². The average Bonchev–Trinajstić information content (AvgIpc) is 2.51. The zero-order chi connectivity index (χ0) is 16.0. The third kappa shape index (κ3) is 3.71. The van der Waals surface area contributed by atoms with Gasteiger partial charge in [-0.1, -0.05) is 13.8 Å². The van der Waals surface area contributed by atoms with Crippen LogP contribution in [0.1, 0.15) is 38.8 Å². The molecule has 1 rings (SSSR count). The molecule has 0 aliphatic heterocycles. The van der Waals surface area contributed by atoms with Crippen molar-refractivity contribution in [1.29, 1.82) is 0 Å². The van der Waals surface area contributed by atoms with Crippen LogP contribution >= 0.6 is 15.9 Å². The van der Waals surface area contributed by atoms with E-state index in [-0.39, 0.29) is 11.6 Å². The van der Waals surface area contributed by atoms with Crippen molar-refractivity contribution in [2.75, 3.05) is 27.9 Å². The molecule has 120 valence electrons. The van der Waals surface area contributed by atoms with Crippen LogP contribution < -0.4 is 14.8 Å². The number of ether oxygens (including phenoxy) is 3. The molecule has 21 heavy (non-hydrogen) atoms. The first-order valence-electron chi connectivity index (χ1n) is 7.17. The Bertz CT molecular complexity index is 461. The molecular formula is C16H26BrNO3. The van der Waals surface area contributed by atoms with Gasteiger partial charge in [-0.15, -0.1) is 0 Å². The molecule has 0 fully saturated rings. The number of rotatable bonds is 8. The number of benzene rings is 1. The fraction of sp³-hybridized carbons (Fsp3) is 0.625. The first-order valence-corrected chi connectivity index (χ1v) is 7.97. The lowest BCUT2D eigenvalue weighted by molar-refractivity contribution is -0.0301. The second-order valence-corrected chi connectivity index (χ2v) is 5.86. The Morgan fingerprint density at radius 2 is 1.86 bits per heavy atom. The van der Waals surface area contributed by atoms with Crippen LogP contribution in [0.15, 0.2) is 16.6 Å². The van der Waals surface area contributed by atoms with E-state index in [4.69, 9.17) is 14.2 Å². The van der Waals surface area contributed by atoms with Gasteiger partial charge in [0.1, 0.15) is 16.0 Å². The molecule has 0 aromatic heterocycles. The predicted octanol–water partition coefficient (Wildman–Crippen LogP) is 3.93. The number of nitrogens with one attached hydrogen (secondary N) is 1. The van der Waals surface area contributed by atoms with E-state index in [9.17, 15) is 0 Å². The normalized spacial score (nSPS) is 15.4. The highest BCUT2D eigenvalue weighted by Crippen LogP contribution is 2.43. The molecule has 2 atom stereocenters. The summed E-state index contributed by atoms with van der Waals surface area (Å²) in [4.78, 5) is 0. The average molecular weight is 360 g/mol. The largest absolute Gasteiger partial charge is 0.495 e. The summed E-state index contributed by atoms with van der Waals surface area (Å²) in [6.07, 6.45) is 0.883. The third-order valence-corrected chi connectivity index (χ3v) is 4.77. The van der Waals surface area contributed by atoms with Crippen molar-refractivity contribution in [3.8, 4) is 11.5 Å². The maximum absolute atomic E-state index is 5.79. The van der Waals surface area contributed by atoms with Crippen LogP contribution in [0.3, 0.4) is 0 Å². The van der Waals surface area contributed by atoms with Gasteiger partial charge in [0, 0.05) is 12.7 Å². The SMILES string of the molecule is CCNC(c1ccc(OC)c(Br)c1OC)C(C)(CC)OC. The predicted molar refractivity (Wildman–Crippen MR) is 89.4 cm³/mol. The minimum Gasteiger partial charge on any atom is -0.495 e. The lowest BCUT2D eigenvalue weighted by Crippen LogP contribution is -2.43. The molecule has 2 unspecified atom stereocenters. The van der Waals surface area contributed by atoms with Crippen molar-refractivity contribution >= 4 is 15.9 Å². The molecule has 5 heteroatoms. The van der Waals surface area contributed by atoms with Crippen LogP contribution in [-0.2, 0) is 4.74 Å². The van der Waals surface area contributed by atoms with Gasteiger partial charge in [0.15, 0.2) is 0 Å². The van der Waals surface area contributed by atoms with Crippen LogP contribution in [0.4, 0.5) is 0 Å². The quantitative estimate of drug-likeness (QED) is 0.763. The van der Waals surface area contributed by atoms with E-state index >= 15 is 0 Å². The van der Waals surface area contributed by atoms with E-state index in [1.807, 2.05) is 12.1 Å². The summed E-state index contributed by atoms with van der Waals surface area (Å²) in [6.45, 7) is 7.16. The summed E-state index contributed by atoms with van der Waals surface area (Å²) in [5.41, 5.74) is 0.732. The lowest BCUT2D eigenvalue weighted by Gasteiger charge is -2.37. The van der Waals surface area contributed by atoms with Crippen LogP contribution in [-0.4, -0.2) is 33.5 Å². The molecule has 1 aromatic carbocycles. The second kappa shape index (κ2) is 8.01. The first-order chi connectivity index (χ1) is 9.98. The van der Waals surface area contributed by atoms with E-state index in [1.54, 1.807) is 21.3 Å². The Kier molecular flexibility index (Phi) is 6.97. The van der Waals surface area contributed by atoms with E-state index in [2.05, 4.69) is 42.0 Å². The van der Waals surface area contributed by atoms with Gasteiger partial charge < -0.3 is 19.5 Å². The molecule has 4 nitrogen and oxygen atoms in total. The molecule has 1 aromatic rings. The molecular weight excluding hydrogens is 334 g/mol. The Hall–Kier alpha value is -0.780. The van der Waals surface area contributed by atoms with E-state index in [1.165, 1.54) is 0 Å². The van der Waals surface area contributed by atoms with Gasteiger partial charge in [0.2, 0.25) is 0 Å². The minimum atomic E-state index is -0.322. The van der Waals surface area contributed by atoms with Crippen LogP contribution in [0.25, 0.3) is 0 Å². The zero-order valence-electron chi connectivity index (χ0n) is 13.7. The minimum absolute atomic E-state index is 0.0228. The Labute approximate surface area is 136 Å². The summed E-state index contributed by atoms with van der Waals surface area (Å²) in [6, 6.07) is 4.00. The number of hydrogen-bond donors (Lipinski definition) is 1. The van der Waals surface area contributed by atoms with E-state index < -0.39 is 0 Å². The van der Waals surface area contributed by atoms with Crippen LogP contribution in [0.2, 0.25) is 0 Å². The molecule has 0 aliphatic carbocycles. The van der Waals surface area contributed by atoms with Gasteiger partial charge in [-0.25, -0.2) is 0 Å². The summed E-state index contributed by atoms with van der Waals surface area (Å²) in [7, 11) is 5.06. The van der Waals surface area contributed by atoms with Gasteiger partial charge >= 0.3 is 0 Å². The highest BCUT2D eigenvalue weighted by atomic mass is 79.9. The van der Waals surface area contributed by atoms with Gasteiger partial charge in [-0.3, -0.25) is 0 Å². The van der Waals surface area contributed by atoms with E-state index in [0.29, 0.717) is 0 Å². The zero-order valence-corrected chi connectivity index (χ0v) is 15.3. The number of halogens is 1. The molecule has 0 amide bonds. The third-order valence-electron chi connectivity index (χ3n) is 4.01. The molecule has 0 spiro atoms. The monoisotopic (exact) mass is 359 g/mol. The Balaban J connectivity index is 3.41. The van der Waals surface area contributed by atoms with Crippen LogP contribution in [0, 0.1) is 0 Å². The van der Waals surface area contributed by atoms with E-state index in [0.717, 1.165) is 34.5 Å². The molecule has 0 bridgehead atoms. The number of likely N-dealkylation sites (N-methyl/N-ethyl adjacent to an activating group) is 1. The second-order valence-electron chi connectivity index (χ2n) is 5.07. The first kappa shape index (κ1) is 18.3. The molecule has 0 heterocycles. The Morgan fingerprint density at radius 3 is 2.29 bits per heavy atom. The summed E-state index contributed by atoms with van der Waals surface area (Å²) < 4.78 is 17.6. The van der Waals surface area contributed by atoms with Crippen molar-refractivity contribution < 1.29 is 14.2 Å². The van der Waals surface area contributed by atoms with Crippen molar-refractivity contribution in [3.05, 3.63) is 22.2 Å². The number of hydrogen-bond acceptors (Lipinski definition) is 4. The Morgan fingerprint density at radius 1 is 1.19 bits per heavy atom. The smallest absolute Gasteiger partial charge is 0.141 e. The standard InChI is InChI=1S/C16H26BrNO3/c1-7-16(3,21-6)15(18-8-2)11-9-10-12(19-4)13(17)14(11)20-5/h9-10,15,18H,7-8H2,1-6H3. The van der Waals surface area contributed by atoms with Crippen LogP contribution in [0.5, 0.6) is 11.5 Å². The maximum Gasteiger partial charge on any atom is 0.141 e. The lowest BCUT2D eigenvalue weighted by atomic mass is 9.87. The molecule has 0 saturated heterocycles.